The van der Waals surface area contributed by atoms with Gasteiger partial charge in [0.25, 0.3) is 5.56 Å². The number of halogens is 5. The van der Waals surface area contributed by atoms with E-state index in [4.69, 9.17) is 0 Å². The summed E-state index contributed by atoms with van der Waals surface area (Å²) in [6.45, 7) is 3.51. The molecule has 2 heterocycles. The molecule has 2 N–H and O–H groups in total. The third kappa shape index (κ3) is 8.89. The van der Waals surface area contributed by atoms with Gasteiger partial charge in [0.15, 0.2) is 0 Å². The van der Waals surface area contributed by atoms with E-state index in [1.54, 1.807) is 32.0 Å². The number of alkyl halides is 3. The summed E-state index contributed by atoms with van der Waals surface area (Å²) in [6.07, 6.45) is -0.474. The van der Waals surface area contributed by atoms with Crippen LogP contribution in [-0.2, 0) is 28.6 Å². The monoisotopic (exact) mass is 675 g/mol. The SMILES string of the molecule is Cc1cc2cc(c1F)[C@H](CC(=O)O)NC(=O)[C@@H](n1cc(CCN(C)C)c(C(F)(F)F)cc1=O)CCCCCCCc1cc(F)cc(C)c1-2. The van der Waals surface area contributed by atoms with Crippen LogP contribution in [0.25, 0.3) is 11.1 Å². The van der Waals surface area contributed by atoms with Crippen molar-refractivity contribution in [3.05, 3.63) is 91.9 Å². The van der Waals surface area contributed by atoms with Crippen LogP contribution < -0.4 is 10.9 Å². The van der Waals surface area contributed by atoms with E-state index in [0.717, 1.165) is 35.6 Å². The molecule has 0 aliphatic carbocycles. The zero-order valence-corrected chi connectivity index (χ0v) is 27.6. The normalized spacial score (nSPS) is 18.0. The summed E-state index contributed by atoms with van der Waals surface area (Å²) in [5.74, 6) is -3.27. The first-order chi connectivity index (χ1) is 22.6. The third-order valence-corrected chi connectivity index (χ3v) is 8.88. The number of carboxylic acid groups (broad SMARTS) is 1. The number of likely N-dealkylation sites (N-methyl/N-ethyl adjacent to an activating group) is 1. The lowest BCUT2D eigenvalue weighted by molar-refractivity contribution is -0.139. The quantitative estimate of drug-likeness (QED) is 0.268. The van der Waals surface area contributed by atoms with Gasteiger partial charge >= 0.3 is 12.1 Å². The average molecular weight is 676 g/mol. The number of nitrogens with one attached hydrogen (secondary N) is 1. The van der Waals surface area contributed by atoms with E-state index in [-0.39, 0.29) is 36.1 Å². The number of amides is 1. The molecular weight excluding hydrogens is 633 g/mol. The summed E-state index contributed by atoms with van der Waals surface area (Å²) in [5.41, 5.74) is 0.420. The number of aliphatic carboxylic acids is 1. The largest absolute Gasteiger partial charge is 0.481 e. The number of aromatic nitrogens is 1. The fourth-order valence-electron chi connectivity index (χ4n) is 6.52. The van der Waals surface area contributed by atoms with Gasteiger partial charge in [-0.25, -0.2) is 8.78 Å². The van der Waals surface area contributed by atoms with Crippen LogP contribution in [0.3, 0.4) is 0 Å². The van der Waals surface area contributed by atoms with Crippen molar-refractivity contribution in [1.82, 2.24) is 14.8 Å². The number of carbonyl (C=O) groups excluding carboxylic acids is 1. The zero-order chi connectivity index (χ0) is 35.3. The van der Waals surface area contributed by atoms with Crippen LogP contribution in [0.1, 0.15) is 90.4 Å². The number of rotatable bonds is 6. The van der Waals surface area contributed by atoms with E-state index >= 15 is 4.39 Å². The van der Waals surface area contributed by atoms with Gasteiger partial charge in [0.1, 0.15) is 17.7 Å². The lowest BCUT2D eigenvalue weighted by Crippen LogP contribution is -2.40. The predicted octanol–water partition coefficient (Wildman–Crippen LogP) is 7.30. The molecule has 2 atom stereocenters. The second kappa shape index (κ2) is 15.4. The lowest BCUT2D eigenvalue weighted by atomic mass is 9.88. The van der Waals surface area contributed by atoms with Gasteiger partial charge < -0.3 is 19.9 Å². The number of carboxylic acids is 1. The number of fused-ring (bicyclic) bond motifs is 4. The number of aryl methyl sites for hydroxylation is 3. The Kier molecular flexibility index (Phi) is 11.8. The Morgan fingerprint density at radius 2 is 1.67 bits per heavy atom. The second-order valence-electron chi connectivity index (χ2n) is 12.9. The minimum atomic E-state index is -4.79. The van der Waals surface area contributed by atoms with Gasteiger partial charge in [-0.1, -0.05) is 25.7 Å². The molecule has 1 aliphatic rings. The number of pyridine rings is 1. The van der Waals surface area contributed by atoms with Gasteiger partial charge in [0, 0.05) is 24.4 Å². The number of nitrogens with zero attached hydrogens (tertiary/aromatic N) is 2. The van der Waals surface area contributed by atoms with Crippen molar-refractivity contribution in [3.8, 4) is 11.1 Å². The highest BCUT2D eigenvalue weighted by Crippen LogP contribution is 2.36. The molecule has 7 nitrogen and oxygen atoms in total. The molecule has 4 rings (SSSR count). The standard InChI is InChI=1S/C36H42F5N3O4/c1-21-15-26(37)16-23-10-8-6-5-7-9-11-30(44-20-24(12-13-43(3)4)28(18-31(44)45)36(39,40)41)35(48)42-29(19-32(46)47)27-17-25(33(21)23)14-22(2)34(27)38/h14-18,20,29-30H,5-13,19H2,1-4H3,(H,42,48)(H,46,47)/t29-,30-/m0/s1. The minimum Gasteiger partial charge on any atom is -0.481 e. The Hall–Kier alpha value is -4.06. The molecular formula is C36H42F5N3O4. The predicted molar refractivity (Wildman–Crippen MR) is 173 cm³/mol. The summed E-state index contributed by atoms with van der Waals surface area (Å²) in [4.78, 5) is 41.0. The Morgan fingerprint density at radius 1 is 0.979 bits per heavy atom. The highest BCUT2D eigenvalue weighted by molar-refractivity contribution is 5.82. The number of carbonyl (C=O) groups is 2. The van der Waals surface area contributed by atoms with E-state index in [2.05, 4.69) is 5.32 Å². The molecule has 48 heavy (non-hydrogen) atoms. The van der Waals surface area contributed by atoms with Gasteiger partial charge in [-0.3, -0.25) is 14.4 Å². The van der Waals surface area contributed by atoms with Crippen LogP contribution in [0.4, 0.5) is 22.0 Å². The molecule has 0 unspecified atom stereocenters. The fourth-order valence-corrected chi connectivity index (χ4v) is 6.52. The van der Waals surface area contributed by atoms with Crippen molar-refractivity contribution in [2.75, 3.05) is 20.6 Å². The molecule has 260 valence electrons. The molecule has 0 spiro atoms. The average Bonchev–Trinajstić information content (AvgIpc) is 2.97. The zero-order valence-electron chi connectivity index (χ0n) is 27.6. The van der Waals surface area contributed by atoms with E-state index in [1.165, 1.54) is 25.1 Å². The molecule has 1 aromatic heterocycles. The summed E-state index contributed by atoms with van der Waals surface area (Å²) < 4.78 is 73.3. The summed E-state index contributed by atoms with van der Waals surface area (Å²) in [7, 11) is 3.41. The van der Waals surface area contributed by atoms with Crippen molar-refractivity contribution in [1.29, 1.82) is 0 Å². The summed E-state index contributed by atoms with van der Waals surface area (Å²) in [6, 6.07) is 3.74. The Bertz CT molecular complexity index is 1720. The van der Waals surface area contributed by atoms with E-state index in [0.29, 0.717) is 42.0 Å². The molecule has 0 fully saturated rings. The van der Waals surface area contributed by atoms with Crippen molar-refractivity contribution in [2.24, 2.45) is 0 Å². The first kappa shape index (κ1) is 36.8. The second-order valence-corrected chi connectivity index (χ2v) is 12.9. The van der Waals surface area contributed by atoms with Crippen LogP contribution >= 0.6 is 0 Å². The van der Waals surface area contributed by atoms with Gasteiger partial charge in [-0.15, -0.1) is 0 Å². The molecule has 12 heteroatoms. The number of benzene rings is 2. The summed E-state index contributed by atoms with van der Waals surface area (Å²) in [5, 5.41) is 12.4. The molecule has 1 amide bonds. The van der Waals surface area contributed by atoms with Crippen molar-refractivity contribution in [3.63, 3.8) is 0 Å². The number of hydrogen-bond donors (Lipinski definition) is 2. The molecule has 0 saturated heterocycles. The minimum absolute atomic E-state index is 0.0415. The van der Waals surface area contributed by atoms with Crippen LogP contribution in [-0.4, -0.2) is 47.1 Å². The highest BCUT2D eigenvalue weighted by atomic mass is 19.4. The van der Waals surface area contributed by atoms with Gasteiger partial charge in [0.2, 0.25) is 5.91 Å². The Labute approximate surface area is 276 Å². The van der Waals surface area contributed by atoms with Gasteiger partial charge in [-0.05, 0) is 111 Å². The molecule has 2 aromatic carbocycles. The highest BCUT2D eigenvalue weighted by Gasteiger charge is 2.36. The van der Waals surface area contributed by atoms with Crippen LogP contribution in [0.5, 0.6) is 0 Å². The van der Waals surface area contributed by atoms with Crippen molar-refractivity contribution < 1.29 is 36.6 Å². The maximum Gasteiger partial charge on any atom is 0.416 e. The smallest absolute Gasteiger partial charge is 0.416 e. The van der Waals surface area contributed by atoms with E-state index < -0.39 is 59.3 Å². The van der Waals surface area contributed by atoms with Crippen molar-refractivity contribution >= 4 is 11.9 Å². The van der Waals surface area contributed by atoms with Crippen LogP contribution in [0, 0.1) is 25.5 Å². The van der Waals surface area contributed by atoms with Crippen molar-refractivity contribution in [2.45, 2.75) is 89.9 Å². The molecule has 1 aliphatic heterocycles. The molecule has 2 bridgehead atoms. The first-order valence-corrected chi connectivity index (χ1v) is 16.2. The molecule has 0 saturated carbocycles. The number of hydrogen-bond acceptors (Lipinski definition) is 4. The van der Waals surface area contributed by atoms with E-state index in [9.17, 15) is 37.1 Å². The van der Waals surface area contributed by atoms with Crippen LogP contribution in [0.15, 0.2) is 41.3 Å². The first-order valence-electron chi connectivity index (χ1n) is 16.2. The van der Waals surface area contributed by atoms with Gasteiger partial charge in [0.05, 0.1) is 18.0 Å². The Morgan fingerprint density at radius 3 is 2.33 bits per heavy atom. The van der Waals surface area contributed by atoms with E-state index in [1.807, 2.05) is 0 Å². The molecule has 3 aromatic rings. The molecule has 0 radical (unpaired) electrons. The Balaban J connectivity index is 1.87. The third-order valence-electron chi connectivity index (χ3n) is 8.88. The fraction of sp³-hybridized carbons (Fsp3) is 0.472. The maximum atomic E-state index is 15.9. The lowest BCUT2D eigenvalue weighted by Gasteiger charge is -2.26. The van der Waals surface area contributed by atoms with Crippen LogP contribution in [0.2, 0.25) is 0 Å². The maximum absolute atomic E-state index is 15.9. The van der Waals surface area contributed by atoms with Gasteiger partial charge in [-0.2, -0.15) is 13.2 Å². The topological polar surface area (TPSA) is 91.6 Å². The summed E-state index contributed by atoms with van der Waals surface area (Å²) >= 11 is 0.